The monoisotopic (exact) mass is 220 g/mol. The van der Waals surface area contributed by atoms with Gasteiger partial charge in [0.05, 0.1) is 23.3 Å². The van der Waals surface area contributed by atoms with Gasteiger partial charge in [0.15, 0.2) is 0 Å². The van der Waals surface area contributed by atoms with E-state index in [9.17, 15) is 4.79 Å². The molecular formula is C10H8N2O2S. The second kappa shape index (κ2) is 3.00. The number of thiazole rings is 1. The van der Waals surface area contributed by atoms with Gasteiger partial charge in [-0.1, -0.05) is 0 Å². The Hall–Kier alpha value is -1.49. The number of carboxylic acids is 1. The zero-order valence-corrected chi connectivity index (χ0v) is 8.67. The number of fused-ring (bicyclic) bond motifs is 3. The molecule has 0 saturated heterocycles. The summed E-state index contributed by atoms with van der Waals surface area (Å²) in [7, 11) is 0. The highest BCUT2D eigenvalue weighted by Crippen LogP contribution is 2.35. The van der Waals surface area contributed by atoms with Crippen molar-refractivity contribution in [3.05, 3.63) is 21.7 Å². The normalized spacial score (nSPS) is 18.5. The second-order valence-corrected chi connectivity index (χ2v) is 4.49. The van der Waals surface area contributed by atoms with Crippen LogP contribution < -0.4 is 0 Å². The van der Waals surface area contributed by atoms with E-state index in [0.29, 0.717) is 12.1 Å². The molecule has 0 bridgehead atoms. The molecule has 1 aromatic heterocycles. The summed E-state index contributed by atoms with van der Waals surface area (Å²) >= 11 is 1.59. The number of hydrogen-bond donors (Lipinski definition) is 1. The number of hydrogen-bond acceptors (Lipinski definition) is 4. The topological polar surface area (TPSA) is 62.5 Å². The van der Waals surface area contributed by atoms with Crippen LogP contribution in [0.3, 0.4) is 0 Å². The highest BCUT2D eigenvalue weighted by molar-refractivity contribution is 7.10. The van der Waals surface area contributed by atoms with Crippen LogP contribution in [0.15, 0.2) is 16.1 Å². The summed E-state index contributed by atoms with van der Waals surface area (Å²) in [6.07, 6.45) is 1.79. The van der Waals surface area contributed by atoms with Gasteiger partial charge in [0.2, 0.25) is 0 Å². The van der Waals surface area contributed by atoms with Crippen LogP contribution in [0, 0.1) is 0 Å². The van der Waals surface area contributed by atoms with Crippen LogP contribution in [0.2, 0.25) is 0 Å². The van der Waals surface area contributed by atoms with E-state index < -0.39 is 5.97 Å². The van der Waals surface area contributed by atoms with E-state index in [-0.39, 0.29) is 0 Å². The first-order chi connectivity index (χ1) is 7.27. The molecule has 0 unspecified atom stereocenters. The zero-order valence-electron chi connectivity index (χ0n) is 7.86. The summed E-state index contributed by atoms with van der Waals surface area (Å²) in [5.41, 5.74) is 4.73. The molecule has 4 nitrogen and oxygen atoms in total. The predicted molar refractivity (Wildman–Crippen MR) is 57.3 cm³/mol. The Labute approximate surface area is 90.0 Å². The maximum atomic E-state index is 11.0. The molecule has 2 aliphatic rings. The van der Waals surface area contributed by atoms with Crippen molar-refractivity contribution < 1.29 is 9.90 Å². The molecule has 0 amide bonds. The predicted octanol–water partition coefficient (Wildman–Crippen LogP) is 1.38. The number of carbonyl (C=O) groups is 1. The number of aryl methyl sites for hydroxylation is 1. The third-order valence-electron chi connectivity index (χ3n) is 2.74. The van der Waals surface area contributed by atoms with Crippen molar-refractivity contribution in [1.82, 2.24) is 4.98 Å². The van der Waals surface area contributed by atoms with Gasteiger partial charge in [-0.25, -0.2) is 9.78 Å². The zero-order chi connectivity index (χ0) is 10.4. The molecular weight excluding hydrogens is 212 g/mol. The quantitative estimate of drug-likeness (QED) is 0.777. The molecule has 1 N–H and O–H groups in total. The Bertz CT molecular complexity index is 513. The van der Waals surface area contributed by atoms with E-state index >= 15 is 0 Å². The third kappa shape index (κ3) is 1.16. The fourth-order valence-electron chi connectivity index (χ4n) is 2.05. The van der Waals surface area contributed by atoms with Gasteiger partial charge < -0.3 is 5.11 Å². The fourth-order valence-corrected chi connectivity index (χ4v) is 2.82. The van der Waals surface area contributed by atoms with Crippen molar-refractivity contribution >= 4 is 28.6 Å². The van der Waals surface area contributed by atoms with Gasteiger partial charge in [-0.15, -0.1) is 11.3 Å². The molecule has 2 heterocycles. The molecule has 15 heavy (non-hydrogen) atoms. The molecule has 0 radical (unpaired) electrons. The first-order valence-corrected chi connectivity index (χ1v) is 5.58. The summed E-state index contributed by atoms with van der Waals surface area (Å²) in [4.78, 5) is 20.7. The fraction of sp³-hybridized carbons (Fsp3) is 0.300. The van der Waals surface area contributed by atoms with Gasteiger partial charge >= 0.3 is 5.97 Å². The SMILES string of the molecule is O=C(O)C1=C2C(=NC1)CCc1scnc12. The van der Waals surface area contributed by atoms with Crippen molar-refractivity contribution in [3.8, 4) is 0 Å². The van der Waals surface area contributed by atoms with Crippen molar-refractivity contribution in [1.29, 1.82) is 0 Å². The minimum absolute atomic E-state index is 0.303. The number of aliphatic imine (C=N–C) groups is 1. The largest absolute Gasteiger partial charge is 0.478 e. The summed E-state index contributed by atoms with van der Waals surface area (Å²) < 4.78 is 0. The van der Waals surface area contributed by atoms with Gasteiger partial charge in [-0.05, 0) is 12.8 Å². The summed E-state index contributed by atoms with van der Waals surface area (Å²) in [5, 5.41) is 9.06. The van der Waals surface area contributed by atoms with Gasteiger partial charge in [0.1, 0.15) is 0 Å². The van der Waals surface area contributed by atoms with Crippen molar-refractivity contribution in [3.63, 3.8) is 0 Å². The third-order valence-corrected chi connectivity index (χ3v) is 3.64. The number of aromatic nitrogens is 1. The molecule has 0 atom stereocenters. The molecule has 0 aromatic carbocycles. The van der Waals surface area contributed by atoms with Crippen LogP contribution in [-0.2, 0) is 11.2 Å². The van der Waals surface area contributed by atoms with Crippen LogP contribution in [0.25, 0.3) is 5.57 Å². The Kier molecular flexibility index (Phi) is 1.76. The average molecular weight is 220 g/mol. The number of aliphatic carboxylic acids is 1. The number of carboxylic acid groups (broad SMARTS) is 1. The molecule has 1 aromatic rings. The number of rotatable bonds is 1. The second-order valence-electron chi connectivity index (χ2n) is 3.55. The lowest BCUT2D eigenvalue weighted by Gasteiger charge is -2.13. The maximum Gasteiger partial charge on any atom is 0.334 e. The number of allylic oxidation sites excluding steroid dienone is 1. The Morgan fingerprint density at radius 3 is 3.13 bits per heavy atom. The van der Waals surface area contributed by atoms with Crippen molar-refractivity contribution in [2.45, 2.75) is 12.8 Å². The minimum atomic E-state index is -0.871. The highest BCUT2D eigenvalue weighted by Gasteiger charge is 2.31. The number of nitrogens with zero attached hydrogens (tertiary/aromatic N) is 2. The molecule has 5 heteroatoms. The first kappa shape index (κ1) is 8.79. The maximum absolute atomic E-state index is 11.0. The molecule has 3 rings (SSSR count). The molecule has 0 spiro atoms. The van der Waals surface area contributed by atoms with Crippen molar-refractivity contribution in [2.24, 2.45) is 4.99 Å². The minimum Gasteiger partial charge on any atom is -0.478 e. The van der Waals surface area contributed by atoms with Crippen LogP contribution in [0.4, 0.5) is 0 Å². The van der Waals surface area contributed by atoms with Crippen LogP contribution in [0.1, 0.15) is 17.0 Å². The van der Waals surface area contributed by atoms with Gasteiger partial charge in [-0.2, -0.15) is 0 Å². The Balaban J connectivity index is 2.24. The summed E-state index contributed by atoms with van der Waals surface area (Å²) in [6, 6.07) is 0. The van der Waals surface area contributed by atoms with Gasteiger partial charge in [0, 0.05) is 16.2 Å². The first-order valence-electron chi connectivity index (χ1n) is 4.70. The van der Waals surface area contributed by atoms with E-state index in [0.717, 1.165) is 29.8 Å². The lowest BCUT2D eigenvalue weighted by atomic mass is 9.93. The van der Waals surface area contributed by atoms with Gasteiger partial charge in [-0.3, -0.25) is 4.99 Å². The van der Waals surface area contributed by atoms with E-state index in [1.165, 1.54) is 4.88 Å². The smallest absolute Gasteiger partial charge is 0.334 e. The highest BCUT2D eigenvalue weighted by atomic mass is 32.1. The van der Waals surface area contributed by atoms with E-state index in [4.69, 9.17) is 5.11 Å². The van der Waals surface area contributed by atoms with E-state index in [2.05, 4.69) is 9.98 Å². The van der Waals surface area contributed by atoms with Crippen LogP contribution in [-0.4, -0.2) is 28.3 Å². The molecule has 0 saturated carbocycles. The molecule has 76 valence electrons. The van der Waals surface area contributed by atoms with E-state index in [1.807, 2.05) is 0 Å². The Morgan fingerprint density at radius 1 is 1.47 bits per heavy atom. The van der Waals surface area contributed by atoms with Crippen LogP contribution in [0.5, 0.6) is 0 Å². The van der Waals surface area contributed by atoms with E-state index in [1.54, 1.807) is 16.8 Å². The standard InChI is InChI=1S/C10H8N2O2S/c13-10(14)5-3-11-6-1-2-7-9(8(5)6)12-4-15-7/h4H,1-3H2,(H,13,14). The lowest BCUT2D eigenvalue weighted by molar-refractivity contribution is -0.132. The van der Waals surface area contributed by atoms with Crippen LogP contribution >= 0.6 is 11.3 Å². The molecule has 1 aliphatic carbocycles. The molecule has 1 aliphatic heterocycles. The summed E-state index contributed by atoms with van der Waals surface area (Å²) in [5.74, 6) is -0.871. The Morgan fingerprint density at radius 2 is 2.33 bits per heavy atom. The summed E-state index contributed by atoms with van der Waals surface area (Å²) in [6.45, 7) is 0.303. The van der Waals surface area contributed by atoms with Gasteiger partial charge in [0.25, 0.3) is 0 Å². The van der Waals surface area contributed by atoms with Crippen molar-refractivity contribution in [2.75, 3.05) is 6.54 Å². The lowest BCUT2D eigenvalue weighted by Crippen LogP contribution is -2.12. The average Bonchev–Trinajstić information content (AvgIpc) is 2.82. The molecule has 0 fully saturated rings.